The highest BCUT2D eigenvalue weighted by molar-refractivity contribution is 5.83. The predicted molar refractivity (Wildman–Crippen MR) is 76.5 cm³/mol. The Kier molecular flexibility index (Phi) is 3.59. The van der Waals surface area contributed by atoms with E-state index in [4.69, 9.17) is 5.73 Å². The Hall–Kier alpha value is -0.570. The van der Waals surface area contributed by atoms with Crippen molar-refractivity contribution in [3.05, 3.63) is 0 Å². The van der Waals surface area contributed by atoms with E-state index in [1.807, 2.05) is 0 Å². The maximum atomic E-state index is 12.7. The molecular formula is C16H28N2O. The molecule has 1 atom stereocenters. The van der Waals surface area contributed by atoms with Crippen LogP contribution in [0, 0.1) is 23.2 Å². The smallest absolute Gasteiger partial charge is 0.226 e. The van der Waals surface area contributed by atoms with Crippen LogP contribution >= 0.6 is 0 Å². The Morgan fingerprint density at radius 3 is 2.21 bits per heavy atom. The van der Waals surface area contributed by atoms with E-state index in [1.165, 1.54) is 19.3 Å². The van der Waals surface area contributed by atoms with Crippen LogP contribution in [0.3, 0.4) is 0 Å². The van der Waals surface area contributed by atoms with E-state index in [2.05, 4.69) is 12.2 Å². The largest absolute Gasteiger partial charge is 0.353 e. The third kappa shape index (κ3) is 2.54. The molecule has 1 amide bonds. The fourth-order valence-corrected chi connectivity index (χ4v) is 5.26. The summed E-state index contributed by atoms with van der Waals surface area (Å²) in [6, 6.07) is 0.282. The highest BCUT2D eigenvalue weighted by Crippen LogP contribution is 2.60. The molecule has 108 valence electrons. The van der Waals surface area contributed by atoms with Gasteiger partial charge in [0, 0.05) is 11.5 Å². The quantitative estimate of drug-likeness (QED) is 0.801. The van der Waals surface area contributed by atoms with Crippen molar-refractivity contribution in [2.45, 2.75) is 64.3 Å². The van der Waals surface area contributed by atoms with Crippen molar-refractivity contribution < 1.29 is 4.79 Å². The van der Waals surface area contributed by atoms with Gasteiger partial charge >= 0.3 is 0 Å². The molecule has 0 aromatic heterocycles. The third-order valence-electron chi connectivity index (χ3n) is 5.74. The maximum Gasteiger partial charge on any atom is 0.226 e. The van der Waals surface area contributed by atoms with Crippen LogP contribution in [-0.4, -0.2) is 18.5 Å². The van der Waals surface area contributed by atoms with Crippen molar-refractivity contribution in [2.24, 2.45) is 28.9 Å². The van der Waals surface area contributed by atoms with E-state index in [-0.39, 0.29) is 11.5 Å². The van der Waals surface area contributed by atoms with Crippen molar-refractivity contribution in [1.82, 2.24) is 5.32 Å². The Morgan fingerprint density at radius 2 is 1.74 bits per heavy atom. The van der Waals surface area contributed by atoms with Gasteiger partial charge in [-0.1, -0.05) is 0 Å². The van der Waals surface area contributed by atoms with Gasteiger partial charge in [0.1, 0.15) is 0 Å². The molecule has 3 nitrogen and oxygen atoms in total. The Balaban J connectivity index is 1.63. The van der Waals surface area contributed by atoms with Gasteiger partial charge in [0.15, 0.2) is 0 Å². The average molecular weight is 264 g/mol. The topological polar surface area (TPSA) is 55.1 Å². The fraction of sp³-hybridized carbons (Fsp3) is 0.938. The SMILES string of the molecule is CC(CCCN)NC(=O)C12CC3CC(CC(C3)C1)C2. The van der Waals surface area contributed by atoms with Crippen LogP contribution in [0.4, 0.5) is 0 Å². The maximum absolute atomic E-state index is 12.7. The number of rotatable bonds is 5. The molecule has 0 aromatic rings. The summed E-state index contributed by atoms with van der Waals surface area (Å²) < 4.78 is 0. The summed E-state index contributed by atoms with van der Waals surface area (Å²) in [5, 5.41) is 3.28. The predicted octanol–water partition coefficient (Wildman–Crippen LogP) is 2.45. The average Bonchev–Trinajstić information content (AvgIpc) is 2.34. The van der Waals surface area contributed by atoms with E-state index in [9.17, 15) is 4.79 Å². The normalized spacial score (nSPS) is 41.3. The second-order valence-corrected chi connectivity index (χ2v) is 7.50. The summed E-state index contributed by atoms with van der Waals surface area (Å²) >= 11 is 0. The molecule has 4 aliphatic rings. The lowest BCUT2D eigenvalue weighted by atomic mass is 9.49. The van der Waals surface area contributed by atoms with Gasteiger partial charge in [-0.3, -0.25) is 4.79 Å². The molecule has 0 radical (unpaired) electrons. The summed E-state index contributed by atoms with van der Waals surface area (Å²) in [5.74, 6) is 2.89. The first-order chi connectivity index (χ1) is 9.11. The number of amides is 1. The highest BCUT2D eigenvalue weighted by Gasteiger charge is 2.54. The zero-order valence-electron chi connectivity index (χ0n) is 12.2. The van der Waals surface area contributed by atoms with Crippen molar-refractivity contribution >= 4 is 5.91 Å². The van der Waals surface area contributed by atoms with Gasteiger partial charge in [-0.2, -0.15) is 0 Å². The summed E-state index contributed by atoms with van der Waals surface area (Å²) in [6.45, 7) is 2.84. The summed E-state index contributed by atoms with van der Waals surface area (Å²) in [7, 11) is 0. The lowest BCUT2D eigenvalue weighted by molar-refractivity contribution is -0.147. The van der Waals surface area contributed by atoms with Gasteiger partial charge < -0.3 is 11.1 Å². The van der Waals surface area contributed by atoms with Gasteiger partial charge in [-0.25, -0.2) is 0 Å². The molecule has 19 heavy (non-hydrogen) atoms. The molecule has 4 rings (SSSR count). The molecule has 0 heterocycles. The van der Waals surface area contributed by atoms with Gasteiger partial charge in [-0.15, -0.1) is 0 Å². The number of carbonyl (C=O) groups excluding carboxylic acids is 1. The van der Waals surface area contributed by atoms with Crippen LogP contribution < -0.4 is 11.1 Å². The number of carbonyl (C=O) groups is 1. The van der Waals surface area contributed by atoms with Crippen LogP contribution in [0.1, 0.15) is 58.3 Å². The van der Waals surface area contributed by atoms with Crippen LogP contribution in [0.25, 0.3) is 0 Å². The molecule has 3 N–H and O–H groups in total. The Labute approximate surface area is 116 Å². The van der Waals surface area contributed by atoms with Crippen LogP contribution in [0.2, 0.25) is 0 Å². The zero-order chi connectivity index (χ0) is 13.5. The first-order valence-corrected chi connectivity index (χ1v) is 8.12. The minimum Gasteiger partial charge on any atom is -0.353 e. The minimum absolute atomic E-state index is 0.00568. The second kappa shape index (κ2) is 5.08. The van der Waals surface area contributed by atoms with E-state index in [0.717, 1.165) is 56.4 Å². The molecule has 3 heteroatoms. The van der Waals surface area contributed by atoms with Gasteiger partial charge in [-0.05, 0) is 82.6 Å². The molecule has 0 saturated heterocycles. The van der Waals surface area contributed by atoms with Gasteiger partial charge in [0.05, 0.1) is 0 Å². The van der Waals surface area contributed by atoms with Crippen LogP contribution in [0.15, 0.2) is 0 Å². The van der Waals surface area contributed by atoms with Crippen molar-refractivity contribution in [3.8, 4) is 0 Å². The first kappa shape index (κ1) is 13.4. The molecule has 0 aliphatic heterocycles. The van der Waals surface area contributed by atoms with Crippen LogP contribution in [-0.2, 0) is 4.79 Å². The van der Waals surface area contributed by atoms with E-state index < -0.39 is 0 Å². The monoisotopic (exact) mass is 264 g/mol. The minimum atomic E-state index is 0.00568. The van der Waals surface area contributed by atoms with Gasteiger partial charge in [0.25, 0.3) is 0 Å². The van der Waals surface area contributed by atoms with Crippen molar-refractivity contribution in [3.63, 3.8) is 0 Å². The number of hydrogen-bond donors (Lipinski definition) is 2. The van der Waals surface area contributed by atoms with Crippen molar-refractivity contribution in [1.29, 1.82) is 0 Å². The number of nitrogens with two attached hydrogens (primary N) is 1. The fourth-order valence-electron chi connectivity index (χ4n) is 5.26. The number of nitrogens with one attached hydrogen (secondary N) is 1. The molecular weight excluding hydrogens is 236 g/mol. The lowest BCUT2D eigenvalue weighted by Crippen LogP contribution is -2.54. The molecule has 1 unspecified atom stereocenters. The molecule has 0 aromatic carbocycles. The van der Waals surface area contributed by atoms with E-state index in [0.29, 0.717) is 5.91 Å². The summed E-state index contributed by atoms with van der Waals surface area (Å²) in [5.41, 5.74) is 5.55. The van der Waals surface area contributed by atoms with E-state index >= 15 is 0 Å². The van der Waals surface area contributed by atoms with E-state index in [1.54, 1.807) is 0 Å². The molecule has 4 fully saturated rings. The lowest BCUT2D eigenvalue weighted by Gasteiger charge is -2.55. The molecule has 0 spiro atoms. The Bertz CT molecular complexity index is 317. The van der Waals surface area contributed by atoms with Crippen LogP contribution in [0.5, 0.6) is 0 Å². The third-order valence-corrected chi connectivity index (χ3v) is 5.74. The summed E-state index contributed by atoms with van der Waals surface area (Å²) in [6.07, 6.45) is 9.69. The van der Waals surface area contributed by atoms with Gasteiger partial charge in [0.2, 0.25) is 5.91 Å². The second-order valence-electron chi connectivity index (χ2n) is 7.50. The molecule has 4 saturated carbocycles. The Morgan fingerprint density at radius 1 is 1.21 bits per heavy atom. The molecule has 4 bridgehead atoms. The standard InChI is InChI=1S/C16H28N2O/c1-11(3-2-4-17)18-15(19)16-8-12-5-13(9-16)7-14(6-12)10-16/h11-14H,2-10,17H2,1H3,(H,18,19). The first-order valence-electron chi connectivity index (χ1n) is 8.12. The highest BCUT2D eigenvalue weighted by atomic mass is 16.2. The zero-order valence-corrected chi connectivity index (χ0v) is 12.2. The number of hydrogen-bond acceptors (Lipinski definition) is 2. The summed E-state index contributed by atoms with van der Waals surface area (Å²) in [4.78, 5) is 12.7. The molecule has 4 aliphatic carbocycles. The van der Waals surface area contributed by atoms with Crippen molar-refractivity contribution in [2.75, 3.05) is 6.54 Å².